The molecule has 0 aliphatic heterocycles. The third-order valence-electron chi connectivity index (χ3n) is 3.24. The van der Waals surface area contributed by atoms with Gasteiger partial charge in [-0.25, -0.2) is 0 Å². The molecule has 0 amide bonds. The van der Waals surface area contributed by atoms with Gasteiger partial charge in [0.25, 0.3) is 0 Å². The summed E-state index contributed by atoms with van der Waals surface area (Å²) in [5.74, 6) is 1.07. The van der Waals surface area contributed by atoms with Crippen LogP contribution in [0.3, 0.4) is 0 Å². The predicted molar refractivity (Wildman–Crippen MR) is 66.6 cm³/mol. The fraction of sp³-hybridized carbons (Fsp3) is 0.929. The zero-order valence-corrected chi connectivity index (χ0v) is 10.8. The summed E-state index contributed by atoms with van der Waals surface area (Å²) >= 11 is 0. The zero-order chi connectivity index (χ0) is 11.5. The van der Waals surface area contributed by atoms with E-state index in [1.165, 1.54) is 44.9 Å². The molecular weight excluding hydrogens is 182 g/mol. The third kappa shape index (κ3) is 7.42. The van der Waals surface area contributed by atoms with Gasteiger partial charge in [-0.15, -0.1) is 0 Å². The normalized spacial score (nSPS) is 23.3. The van der Waals surface area contributed by atoms with Crippen LogP contribution >= 0.6 is 0 Å². The van der Waals surface area contributed by atoms with Gasteiger partial charge in [-0.3, -0.25) is 0 Å². The molecule has 0 heterocycles. The lowest BCUT2D eigenvalue weighted by Gasteiger charge is -2.26. The Morgan fingerprint density at radius 2 is 1.53 bits per heavy atom. The second-order valence-electron chi connectivity index (χ2n) is 4.70. The molecule has 0 aromatic rings. The highest BCUT2D eigenvalue weighted by Crippen LogP contribution is 2.32. The molecule has 0 saturated heterocycles. The minimum atomic E-state index is 0.389. The maximum Gasteiger partial charge on any atom is 0.0658 e. The van der Waals surface area contributed by atoms with Crippen LogP contribution in [0.25, 0.3) is 0 Å². The molecule has 2 unspecified atom stereocenters. The quantitative estimate of drug-likeness (QED) is 0.589. The van der Waals surface area contributed by atoms with Crippen molar-refractivity contribution in [2.24, 2.45) is 11.8 Å². The maximum absolute atomic E-state index is 8.31. The molecule has 1 aliphatic rings. The highest BCUT2D eigenvalue weighted by molar-refractivity contribution is 4.93. The van der Waals surface area contributed by atoms with Crippen LogP contribution in [-0.2, 0) is 0 Å². The van der Waals surface area contributed by atoms with Gasteiger partial charge >= 0.3 is 0 Å². The van der Waals surface area contributed by atoms with Crippen molar-refractivity contribution >= 4 is 0 Å². The van der Waals surface area contributed by atoms with Gasteiger partial charge in [-0.2, -0.15) is 5.26 Å². The Morgan fingerprint density at radius 1 is 1.00 bits per heavy atom. The van der Waals surface area contributed by atoms with Crippen molar-refractivity contribution in [1.82, 2.24) is 0 Å². The first-order valence-corrected chi connectivity index (χ1v) is 6.65. The van der Waals surface area contributed by atoms with Gasteiger partial charge in [-0.05, 0) is 18.8 Å². The first-order chi connectivity index (χ1) is 7.26. The van der Waals surface area contributed by atoms with E-state index in [1.54, 1.807) is 0 Å². The standard InChI is InChI=1S/C8H18.C6H9N/c1-3-5-7-8-6-4-2;1-5-2-3-6(5)4-7/h3-8H2,1-2H3;5-6H,2-3H2,1H3. The van der Waals surface area contributed by atoms with Crippen LogP contribution in [0.4, 0.5) is 0 Å². The van der Waals surface area contributed by atoms with Crippen molar-refractivity contribution in [3.63, 3.8) is 0 Å². The highest BCUT2D eigenvalue weighted by atomic mass is 14.4. The summed E-state index contributed by atoms with van der Waals surface area (Å²) in [6, 6.07) is 2.25. The van der Waals surface area contributed by atoms with Gasteiger partial charge in [0.15, 0.2) is 0 Å². The average molecular weight is 209 g/mol. The van der Waals surface area contributed by atoms with Crippen LogP contribution in [0.1, 0.15) is 72.1 Å². The molecule has 0 aromatic heterocycles. The number of rotatable bonds is 5. The monoisotopic (exact) mass is 209 g/mol. The molecular formula is C14H27N. The second-order valence-corrected chi connectivity index (χ2v) is 4.70. The lowest BCUT2D eigenvalue weighted by Crippen LogP contribution is -2.20. The van der Waals surface area contributed by atoms with E-state index in [0.29, 0.717) is 11.8 Å². The Labute approximate surface area is 95.9 Å². The van der Waals surface area contributed by atoms with Crippen LogP contribution < -0.4 is 0 Å². The summed E-state index contributed by atoms with van der Waals surface area (Å²) < 4.78 is 0. The van der Waals surface area contributed by atoms with Gasteiger partial charge in [-0.1, -0.05) is 59.3 Å². The Kier molecular flexibility index (Phi) is 9.68. The summed E-state index contributed by atoms with van der Waals surface area (Å²) in [6.45, 7) is 6.65. The van der Waals surface area contributed by atoms with E-state index in [1.807, 2.05) is 0 Å². The van der Waals surface area contributed by atoms with Crippen LogP contribution in [0.2, 0.25) is 0 Å². The van der Waals surface area contributed by atoms with Gasteiger partial charge in [0.1, 0.15) is 0 Å². The SMILES string of the molecule is CC1CCC1C#N.CCCCCCCC. The largest absolute Gasteiger partial charge is 0.198 e. The molecule has 88 valence electrons. The first-order valence-electron chi connectivity index (χ1n) is 6.65. The van der Waals surface area contributed by atoms with E-state index in [-0.39, 0.29) is 0 Å². The molecule has 0 spiro atoms. The van der Waals surface area contributed by atoms with Gasteiger partial charge in [0, 0.05) is 5.92 Å². The van der Waals surface area contributed by atoms with E-state index in [9.17, 15) is 0 Å². The lowest BCUT2D eigenvalue weighted by molar-refractivity contribution is 0.259. The van der Waals surface area contributed by atoms with E-state index in [4.69, 9.17) is 5.26 Å². The average Bonchev–Trinajstić information content (AvgIpc) is 2.24. The van der Waals surface area contributed by atoms with Gasteiger partial charge in [0.2, 0.25) is 0 Å². The Hall–Kier alpha value is -0.510. The minimum Gasteiger partial charge on any atom is -0.198 e. The van der Waals surface area contributed by atoms with E-state index >= 15 is 0 Å². The molecule has 0 aromatic carbocycles. The smallest absolute Gasteiger partial charge is 0.0658 e. The van der Waals surface area contributed by atoms with Crippen LogP contribution in [0.15, 0.2) is 0 Å². The summed E-state index contributed by atoms with van der Waals surface area (Å²) in [6.07, 6.45) is 10.9. The molecule has 0 radical (unpaired) electrons. The number of nitriles is 1. The highest BCUT2D eigenvalue weighted by Gasteiger charge is 2.25. The van der Waals surface area contributed by atoms with Crippen molar-refractivity contribution < 1.29 is 0 Å². The maximum atomic E-state index is 8.31. The third-order valence-corrected chi connectivity index (χ3v) is 3.24. The van der Waals surface area contributed by atoms with Crippen molar-refractivity contribution in [1.29, 1.82) is 5.26 Å². The molecule has 0 bridgehead atoms. The van der Waals surface area contributed by atoms with E-state index in [2.05, 4.69) is 26.8 Å². The fourth-order valence-electron chi connectivity index (χ4n) is 1.71. The second kappa shape index (κ2) is 10.0. The predicted octanol–water partition coefficient (Wildman–Crippen LogP) is 4.92. The number of unbranched alkanes of at least 4 members (excludes halogenated alkanes) is 5. The van der Waals surface area contributed by atoms with Crippen molar-refractivity contribution in [2.75, 3.05) is 0 Å². The number of hydrogen-bond acceptors (Lipinski definition) is 1. The molecule has 1 aliphatic carbocycles. The zero-order valence-electron chi connectivity index (χ0n) is 10.8. The van der Waals surface area contributed by atoms with Gasteiger partial charge in [0.05, 0.1) is 6.07 Å². The summed E-state index contributed by atoms with van der Waals surface area (Å²) in [4.78, 5) is 0. The van der Waals surface area contributed by atoms with Crippen molar-refractivity contribution in [2.45, 2.75) is 72.1 Å². The molecule has 1 rings (SSSR count). The summed E-state index contributed by atoms with van der Waals surface area (Å²) in [5, 5.41) is 8.31. The topological polar surface area (TPSA) is 23.8 Å². The van der Waals surface area contributed by atoms with E-state index in [0.717, 1.165) is 6.42 Å². The molecule has 1 fully saturated rings. The first kappa shape index (κ1) is 14.5. The summed E-state index contributed by atoms with van der Waals surface area (Å²) in [5.41, 5.74) is 0. The minimum absolute atomic E-state index is 0.389. The van der Waals surface area contributed by atoms with Crippen LogP contribution in [0, 0.1) is 23.2 Å². The number of hydrogen-bond donors (Lipinski definition) is 0. The molecule has 1 nitrogen and oxygen atoms in total. The molecule has 2 atom stereocenters. The van der Waals surface area contributed by atoms with E-state index < -0.39 is 0 Å². The molecule has 1 heteroatoms. The summed E-state index contributed by atoms with van der Waals surface area (Å²) in [7, 11) is 0. The molecule has 15 heavy (non-hydrogen) atoms. The van der Waals surface area contributed by atoms with Gasteiger partial charge < -0.3 is 0 Å². The number of nitrogens with zero attached hydrogens (tertiary/aromatic N) is 1. The van der Waals surface area contributed by atoms with Crippen LogP contribution in [-0.4, -0.2) is 0 Å². The van der Waals surface area contributed by atoms with Crippen LogP contribution in [0.5, 0.6) is 0 Å². The van der Waals surface area contributed by atoms with Crippen molar-refractivity contribution in [3.8, 4) is 6.07 Å². The Bertz CT molecular complexity index is 163. The lowest BCUT2D eigenvalue weighted by atomic mass is 9.76. The Balaban J connectivity index is 0.000000262. The molecule has 1 saturated carbocycles. The Morgan fingerprint density at radius 3 is 1.67 bits per heavy atom. The fourth-order valence-corrected chi connectivity index (χ4v) is 1.71. The molecule has 0 N–H and O–H groups in total. The van der Waals surface area contributed by atoms with Crippen molar-refractivity contribution in [3.05, 3.63) is 0 Å².